The first-order valence-electron chi connectivity index (χ1n) is 4.73. The van der Waals surface area contributed by atoms with E-state index in [2.05, 4.69) is 0 Å². The fourth-order valence-corrected chi connectivity index (χ4v) is 1.23. The molecular formula is C9H20O4. The molecular weight excluding hydrogens is 172 g/mol. The summed E-state index contributed by atoms with van der Waals surface area (Å²) in [6.07, 6.45) is 3.01. The van der Waals surface area contributed by atoms with Crippen LogP contribution in [0.25, 0.3) is 0 Å². The maximum Gasteiger partial charge on any atom is 0.0899 e. The molecule has 0 bridgehead atoms. The molecule has 0 aromatic heterocycles. The van der Waals surface area contributed by atoms with E-state index in [-0.39, 0.29) is 26.2 Å². The van der Waals surface area contributed by atoms with Crippen molar-refractivity contribution in [2.24, 2.45) is 0 Å². The van der Waals surface area contributed by atoms with Crippen LogP contribution in [-0.4, -0.2) is 45.8 Å². The standard InChI is InChI=1S/C9H20O4/c10-6-3-1-2-4-9(13,8-12)5-7-11/h10-13H,1-8H2. The third-order valence-electron chi connectivity index (χ3n) is 2.17. The average Bonchev–Trinajstić information content (AvgIpc) is 2.13. The first kappa shape index (κ1) is 12.8. The van der Waals surface area contributed by atoms with Gasteiger partial charge in [-0.15, -0.1) is 0 Å². The Balaban J connectivity index is 3.57. The first-order chi connectivity index (χ1) is 6.18. The second kappa shape index (κ2) is 7.26. The van der Waals surface area contributed by atoms with Gasteiger partial charge in [0, 0.05) is 19.6 Å². The Morgan fingerprint density at radius 1 is 0.769 bits per heavy atom. The Bertz CT molecular complexity index is 118. The summed E-state index contributed by atoms with van der Waals surface area (Å²) in [5.74, 6) is 0. The molecule has 0 heterocycles. The van der Waals surface area contributed by atoms with Crippen LogP contribution in [0.3, 0.4) is 0 Å². The van der Waals surface area contributed by atoms with Crippen LogP contribution in [0.4, 0.5) is 0 Å². The van der Waals surface area contributed by atoms with Crippen molar-refractivity contribution < 1.29 is 20.4 Å². The van der Waals surface area contributed by atoms with Crippen molar-refractivity contribution >= 4 is 0 Å². The van der Waals surface area contributed by atoms with E-state index in [9.17, 15) is 5.11 Å². The van der Waals surface area contributed by atoms with E-state index in [1.54, 1.807) is 0 Å². The Labute approximate surface area is 78.8 Å². The van der Waals surface area contributed by atoms with Crippen LogP contribution in [-0.2, 0) is 0 Å². The predicted molar refractivity (Wildman–Crippen MR) is 49.3 cm³/mol. The van der Waals surface area contributed by atoms with Gasteiger partial charge in [0.2, 0.25) is 0 Å². The van der Waals surface area contributed by atoms with Gasteiger partial charge in [0.05, 0.1) is 12.2 Å². The highest BCUT2D eigenvalue weighted by molar-refractivity contribution is 4.76. The molecule has 0 spiro atoms. The van der Waals surface area contributed by atoms with Crippen LogP contribution >= 0.6 is 0 Å². The third-order valence-corrected chi connectivity index (χ3v) is 2.17. The fraction of sp³-hybridized carbons (Fsp3) is 1.00. The molecule has 0 radical (unpaired) electrons. The highest BCUT2D eigenvalue weighted by atomic mass is 16.3. The zero-order chi connectivity index (χ0) is 10.2. The summed E-state index contributed by atoms with van der Waals surface area (Å²) < 4.78 is 0. The summed E-state index contributed by atoms with van der Waals surface area (Å²) in [4.78, 5) is 0. The number of unbranched alkanes of at least 4 members (excludes halogenated alkanes) is 2. The quantitative estimate of drug-likeness (QED) is 0.396. The van der Waals surface area contributed by atoms with Crippen LogP contribution in [0, 0.1) is 0 Å². The van der Waals surface area contributed by atoms with E-state index in [0.717, 1.165) is 19.3 Å². The Kier molecular flexibility index (Phi) is 7.17. The SMILES string of the molecule is OCCCCCC(O)(CO)CCO. The summed E-state index contributed by atoms with van der Waals surface area (Å²) in [6.45, 7) is -0.263. The lowest BCUT2D eigenvalue weighted by molar-refractivity contribution is -0.0396. The largest absolute Gasteiger partial charge is 0.396 e. The molecule has 0 aliphatic rings. The van der Waals surface area contributed by atoms with Gasteiger partial charge in [-0.2, -0.15) is 0 Å². The minimum atomic E-state index is -1.13. The Hall–Kier alpha value is -0.160. The molecule has 13 heavy (non-hydrogen) atoms. The molecule has 0 aliphatic carbocycles. The van der Waals surface area contributed by atoms with Crippen molar-refractivity contribution in [1.82, 2.24) is 0 Å². The maximum absolute atomic E-state index is 9.65. The lowest BCUT2D eigenvalue weighted by Gasteiger charge is -2.24. The second-order valence-corrected chi connectivity index (χ2v) is 3.39. The molecule has 0 saturated heterocycles. The van der Waals surface area contributed by atoms with Gasteiger partial charge in [0.15, 0.2) is 0 Å². The van der Waals surface area contributed by atoms with Crippen LogP contribution in [0.15, 0.2) is 0 Å². The van der Waals surface area contributed by atoms with Gasteiger partial charge in [-0.1, -0.05) is 12.8 Å². The van der Waals surface area contributed by atoms with Crippen molar-refractivity contribution in [3.63, 3.8) is 0 Å². The van der Waals surface area contributed by atoms with Crippen LogP contribution in [0.5, 0.6) is 0 Å². The molecule has 0 rings (SSSR count). The Morgan fingerprint density at radius 3 is 1.92 bits per heavy atom. The van der Waals surface area contributed by atoms with Gasteiger partial charge in [0.1, 0.15) is 0 Å². The van der Waals surface area contributed by atoms with Gasteiger partial charge in [-0.25, -0.2) is 0 Å². The predicted octanol–water partition coefficient (Wildman–Crippen LogP) is -0.355. The van der Waals surface area contributed by atoms with E-state index in [0.29, 0.717) is 6.42 Å². The van der Waals surface area contributed by atoms with E-state index in [1.165, 1.54) is 0 Å². The van der Waals surface area contributed by atoms with Gasteiger partial charge >= 0.3 is 0 Å². The molecule has 4 N–H and O–H groups in total. The summed E-state index contributed by atoms with van der Waals surface area (Å²) in [5.41, 5.74) is -1.13. The maximum atomic E-state index is 9.65. The van der Waals surface area contributed by atoms with E-state index < -0.39 is 5.60 Å². The zero-order valence-electron chi connectivity index (χ0n) is 7.95. The number of aliphatic hydroxyl groups is 4. The molecule has 4 nitrogen and oxygen atoms in total. The van der Waals surface area contributed by atoms with Crippen molar-refractivity contribution in [2.75, 3.05) is 19.8 Å². The molecule has 80 valence electrons. The molecule has 1 unspecified atom stereocenters. The molecule has 1 atom stereocenters. The Morgan fingerprint density at radius 2 is 1.46 bits per heavy atom. The molecule has 0 saturated carbocycles. The molecule has 0 fully saturated rings. The zero-order valence-corrected chi connectivity index (χ0v) is 7.95. The van der Waals surface area contributed by atoms with E-state index in [1.807, 2.05) is 0 Å². The molecule has 0 amide bonds. The number of hydrogen-bond acceptors (Lipinski definition) is 4. The summed E-state index contributed by atoms with van der Waals surface area (Å²) in [7, 11) is 0. The minimum Gasteiger partial charge on any atom is -0.396 e. The van der Waals surface area contributed by atoms with Crippen LogP contribution in [0.1, 0.15) is 32.1 Å². The third kappa shape index (κ3) is 5.99. The summed E-state index contributed by atoms with van der Waals surface area (Å²) in [6, 6.07) is 0. The summed E-state index contributed by atoms with van der Waals surface area (Å²) in [5, 5.41) is 35.6. The normalized spacial score (nSPS) is 15.7. The fourth-order valence-electron chi connectivity index (χ4n) is 1.23. The van der Waals surface area contributed by atoms with Gasteiger partial charge in [-0.05, 0) is 12.8 Å². The number of hydrogen-bond donors (Lipinski definition) is 4. The van der Waals surface area contributed by atoms with E-state index >= 15 is 0 Å². The molecule has 0 aromatic carbocycles. The van der Waals surface area contributed by atoms with Crippen LogP contribution < -0.4 is 0 Å². The van der Waals surface area contributed by atoms with Gasteiger partial charge in [-0.3, -0.25) is 0 Å². The molecule has 0 aromatic rings. The highest BCUT2D eigenvalue weighted by Gasteiger charge is 2.24. The summed E-state index contributed by atoms with van der Waals surface area (Å²) >= 11 is 0. The van der Waals surface area contributed by atoms with Gasteiger partial charge < -0.3 is 20.4 Å². The van der Waals surface area contributed by atoms with Crippen molar-refractivity contribution in [3.05, 3.63) is 0 Å². The van der Waals surface area contributed by atoms with Crippen molar-refractivity contribution in [2.45, 2.75) is 37.7 Å². The topological polar surface area (TPSA) is 80.9 Å². The second-order valence-electron chi connectivity index (χ2n) is 3.39. The number of aliphatic hydroxyl groups excluding tert-OH is 3. The van der Waals surface area contributed by atoms with Crippen molar-refractivity contribution in [3.8, 4) is 0 Å². The minimum absolute atomic E-state index is 0.114. The van der Waals surface area contributed by atoms with Crippen LogP contribution in [0.2, 0.25) is 0 Å². The van der Waals surface area contributed by atoms with Crippen molar-refractivity contribution in [1.29, 1.82) is 0 Å². The highest BCUT2D eigenvalue weighted by Crippen LogP contribution is 2.18. The monoisotopic (exact) mass is 192 g/mol. The van der Waals surface area contributed by atoms with E-state index in [4.69, 9.17) is 15.3 Å². The molecule has 4 heteroatoms. The average molecular weight is 192 g/mol. The van der Waals surface area contributed by atoms with Gasteiger partial charge in [0.25, 0.3) is 0 Å². The molecule has 0 aliphatic heterocycles. The lowest BCUT2D eigenvalue weighted by Crippen LogP contribution is -2.34. The first-order valence-corrected chi connectivity index (χ1v) is 4.73. The lowest BCUT2D eigenvalue weighted by atomic mass is 9.94. The number of rotatable bonds is 8. The smallest absolute Gasteiger partial charge is 0.0899 e.